The van der Waals surface area contributed by atoms with Gasteiger partial charge in [-0.3, -0.25) is 4.79 Å². The Morgan fingerprint density at radius 2 is 2.24 bits per heavy atom. The van der Waals surface area contributed by atoms with Crippen molar-refractivity contribution in [2.45, 2.75) is 42.9 Å². The van der Waals surface area contributed by atoms with Crippen LogP contribution < -0.4 is 0 Å². The molecular formula is C14H17NOS. The number of pyridine rings is 1. The number of thioether (sulfide) groups is 1. The number of carbonyl (C=O) groups is 1. The lowest BCUT2D eigenvalue weighted by atomic mass is 9.81. The number of Topliss-reactive ketones (excluding diaryl/α,β-unsaturated/α-hetero) is 1. The number of aromatic nitrogens is 1. The third-order valence-corrected chi connectivity index (χ3v) is 6.46. The van der Waals surface area contributed by atoms with Crippen LogP contribution in [0.5, 0.6) is 0 Å². The molecule has 1 aromatic rings. The molecule has 2 atom stereocenters. The first-order valence-electron chi connectivity index (χ1n) is 6.20. The first-order valence-corrected chi connectivity index (χ1v) is 7.01. The molecule has 3 heteroatoms. The monoisotopic (exact) mass is 247 g/mol. The van der Waals surface area contributed by atoms with Crippen LogP contribution in [0.2, 0.25) is 0 Å². The van der Waals surface area contributed by atoms with Crippen LogP contribution in [0, 0.1) is 11.3 Å². The van der Waals surface area contributed by atoms with Crippen molar-refractivity contribution in [2.75, 3.05) is 0 Å². The minimum absolute atomic E-state index is 0.117. The molecule has 3 rings (SSSR count). The second kappa shape index (κ2) is 3.58. The SMILES string of the molecule is CC1(C)[C@@H]2CC[C@@]1(Sc1ccccn1)C(=O)C2. The highest BCUT2D eigenvalue weighted by Crippen LogP contribution is 2.65. The summed E-state index contributed by atoms with van der Waals surface area (Å²) in [6, 6.07) is 5.92. The van der Waals surface area contributed by atoms with Gasteiger partial charge in [-0.2, -0.15) is 0 Å². The highest BCUT2D eigenvalue weighted by Gasteiger charge is 2.64. The molecule has 0 spiro atoms. The van der Waals surface area contributed by atoms with Crippen molar-refractivity contribution in [3.8, 4) is 0 Å². The Morgan fingerprint density at radius 3 is 2.76 bits per heavy atom. The van der Waals surface area contributed by atoms with E-state index in [-0.39, 0.29) is 10.2 Å². The second-order valence-corrected chi connectivity index (χ2v) is 7.00. The van der Waals surface area contributed by atoms with E-state index in [0.29, 0.717) is 11.7 Å². The molecule has 0 radical (unpaired) electrons. The molecule has 17 heavy (non-hydrogen) atoms. The average molecular weight is 247 g/mol. The van der Waals surface area contributed by atoms with Gasteiger partial charge in [0, 0.05) is 12.6 Å². The van der Waals surface area contributed by atoms with Crippen molar-refractivity contribution < 1.29 is 4.79 Å². The lowest BCUT2D eigenvalue weighted by Crippen LogP contribution is -2.39. The Bertz CT molecular complexity index is 457. The zero-order valence-corrected chi connectivity index (χ0v) is 11.1. The van der Waals surface area contributed by atoms with Gasteiger partial charge in [0.25, 0.3) is 0 Å². The molecule has 0 aromatic carbocycles. The van der Waals surface area contributed by atoms with Crippen molar-refractivity contribution in [1.82, 2.24) is 4.98 Å². The summed E-state index contributed by atoms with van der Waals surface area (Å²) in [6.45, 7) is 4.51. The number of hydrogen-bond donors (Lipinski definition) is 0. The van der Waals surface area contributed by atoms with Gasteiger partial charge in [-0.15, -0.1) is 0 Å². The van der Waals surface area contributed by atoms with Crippen LogP contribution >= 0.6 is 11.8 Å². The normalized spacial score (nSPS) is 34.2. The highest BCUT2D eigenvalue weighted by atomic mass is 32.2. The van der Waals surface area contributed by atoms with Gasteiger partial charge in [-0.1, -0.05) is 31.7 Å². The number of rotatable bonds is 2. The number of fused-ring (bicyclic) bond motifs is 2. The standard InChI is InChI=1S/C14H17NOS/c1-13(2)10-6-7-14(13,11(16)9-10)17-12-5-3-4-8-15-12/h3-5,8,10H,6-7,9H2,1-2H3/t10-,14-/m1/s1. The number of carbonyl (C=O) groups excluding carboxylic acids is 1. The molecule has 0 unspecified atom stereocenters. The van der Waals surface area contributed by atoms with Gasteiger partial charge in [0.05, 0.1) is 9.77 Å². The van der Waals surface area contributed by atoms with Gasteiger partial charge in [0.2, 0.25) is 0 Å². The summed E-state index contributed by atoms with van der Waals surface area (Å²) < 4.78 is -0.216. The summed E-state index contributed by atoms with van der Waals surface area (Å²) in [5.41, 5.74) is 0.117. The number of ketones is 1. The van der Waals surface area contributed by atoms with Crippen LogP contribution in [0.1, 0.15) is 33.1 Å². The van der Waals surface area contributed by atoms with Crippen LogP contribution in [0.15, 0.2) is 29.4 Å². The van der Waals surface area contributed by atoms with Crippen molar-refractivity contribution in [3.05, 3.63) is 24.4 Å². The molecule has 1 aromatic heterocycles. The molecule has 2 aliphatic rings. The summed E-state index contributed by atoms with van der Waals surface area (Å²) in [7, 11) is 0. The topological polar surface area (TPSA) is 30.0 Å². The minimum atomic E-state index is -0.216. The van der Waals surface area contributed by atoms with Crippen LogP contribution in [-0.2, 0) is 4.79 Å². The van der Waals surface area contributed by atoms with Gasteiger partial charge in [0.15, 0.2) is 0 Å². The molecule has 2 aliphatic carbocycles. The zero-order valence-electron chi connectivity index (χ0n) is 10.3. The zero-order chi connectivity index (χ0) is 12.1. The molecule has 2 fully saturated rings. The predicted octanol–water partition coefficient (Wildman–Crippen LogP) is 3.32. The van der Waals surface area contributed by atoms with Gasteiger partial charge >= 0.3 is 0 Å². The Hall–Kier alpha value is -0.830. The smallest absolute Gasteiger partial charge is 0.150 e. The lowest BCUT2D eigenvalue weighted by molar-refractivity contribution is -0.121. The molecule has 1 heterocycles. The molecule has 0 amide bonds. The summed E-state index contributed by atoms with van der Waals surface area (Å²) in [4.78, 5) is 16.7. The maximum Gasteiger partial charge on any atom is 0.150 e. The third kappa shape index (κ3) is 1.41. The Balaban J connectivity index is 1.98. The van der Waals surface area contributed by atoms with E-state index in [1.165, 1.54) is 6.42 Å². The van der Waals surface area contributed by atoms with Crippen LogP contribution in [0.3, 0.4) is 0 Å². The van der Waals surface area contributed by atoms with Crippen LogP contribution in [0.4, 0.5) is 0 Å². The predicted molar refractivity (Wildman–Crippen MR) is 69.0 cm³/mol. The fourth-order valence-corrected chi connectivity index (χ4v) is 4.92. The summed E-state index contributed by atoms with van der Waals surface area (Å²) in [5.74, 6) is 1.01. The first-order chi connectivity index (χ1) is 8.06. The Labute approximate surface area is 106 Å². The van der Waals surface area contributed by atoms with E-state index < -0.39 is 0 Å². The molecule has 2 bridgehead atoms. The highest BCUT2D eigenvalue weighted by molar-refractivity contribution is 8.01. The van der Waals surface area contributed by atoms with Gasteiger partial charge in [-0.05, 0) is 36.3 Å². The molecule has 0 N–H and O–H groups in total. The van der Waals surface area contributed by atoms with Gasteiger partial charge < -0.3 is 0 Å². The maximum absolute atomic E-state index is 12.3. The maximum atomic E-state index is 12.3. The van der Waals surface area contributed by atoms with Crippen molar-refractivity contribution in [3.63, 3.8) is 0 Å². The van der Waals surface area contributed by atoms with Crippen molar-refractivity contribution >= 4 is 17.5 Å². The van der Waals surface area contributed by atoms with Crippen molar-refractivity contribution in [1.29, 1.82) is 0 Å². The third-order valence-electron chi connectivity index (χ3n) is 4.71. The van der Waals surface area contributed by atoms with E-state index in [0.717, 1.165) is 17.9 Å². The summed E-state index contributed by atoms with van der Waals surface area (Å²) >= 11 is 1.69. The van der Waals surface area contributed by atoms with Crippen LogP contribution in [0.25, 0.3) is 0 Å². The first kappa shape index (κ1) is 11.3. The van der Waals surface area contributed by atoms with Gasteiger partial charge in [-0.25, -0.2) is 4.98 Å². The van der Waals surface area contributed by atoms with Crippen LogP contribution in [-0.4, -0.2) is 15.5 Å². The van der Waals surface area contributed by atoms with E-state index in [1.54, 1.807) is 18.0 Å². The quantitative estimate of drug-likeness (QED) is 0.803. The average Bonchev–Trinajstić information content (AvgIpc) is 2.64. The minimum Gasteiger partial charge on any atom is -0.298 e. The van der Waals surface area contributed by atoms with E-state index in [4.69, 9.17) is 0 Å². The fraction of sp³-hybridized carbons (Fsp3) is 0.571. The molecule has 2 saturated carbocycles. The fourth-order valence-electron chi connectivity index (χ4n) is 3.46. The summed E-state index contributed by atoms with van der Waals surface area (Å²) in [6.07, 6.45) is 4.79. The van der Waals surface area contributed by atoms with Crippen molar-refractivity contribution in [2.24, 2.45) is 11.3 Å². The van der Waals surface area contributed by atoms with E-state index in [1.807, 2.05) is 18.2 Å². The Kier molecular flexibility index (Phi) is 2.37. The largest absolute Gasteiger partial charge is 0.298 e. The molecule has 0 aliphatic heterocycles. The van der Waals surface area contributed by atoms with E-state index in [2.05, 4.69) is 18.8 Å². The Morgan fingerprint density at radius 1 is 1.41 bits per heavy atom. The number of hydrogen-bond acceptors (Lipinski definition) is 3. The second-order valence-electron chi connectivity index (χ2n) is 5.68. The lowest BCUT2D eigenvalue weighted by Gasteiger charge is -2.35. The summed E-state index contributed by atoms with van der Waals surface area (Å²) in [5, 5.41) is 0.983. The molecular weight excluding hydrogens is 230 g/mol. The van der Waals surface area contributed by atoms with E-state index >= 15 is 0 Å². The van der Waals surface area contributed by atoms with Gasteiger partial charge in [0.1, 0.15) is 5.78 Å². The molecule has 90 valence electrons. The molecule has 2 nitrogen and oxygen atoms in total. The molecule has 0 saturated heterocycles. The van der Waals surface area contributed by atoms with E-state index in [9.17, 15) is 4.79 Å². The number of nitrogens with zero attached hydrogens (tertiary/aromatic N) is 1.